The fourth-order valence-electron chi connectivity index (χ4n) is 2.63. The highest BCUT2D eigenvalue weighted by Gasteiger charge is 2.23. The highest BCUT2D eigenvalue weighted by Crippen LogP contribution is 2.29. The zero-order chi connectivity index (χ0) is 14.0. The Kier molecular flexibility index (Phi) is 4.34. The molecule has 2 rings (SSSR count). The summed E-state index contributed by atoms with van der Waals surface area (Å²) in [7, 11) is 0. The van der Waals surface area contributed by atoms with Crippen LogP contribution in [-0.2, 0) is 4.74 Å². The molecule has 2 heterocycles. The zero-order valence-corrected chi connectivity index (χ0v) is 12.4. The van der Waals surface area contributed by atoms with Gasteiger partial charge in [-0.2, -0.15) is 5.10 Å². The van der Waals surface area contributed by atoms with Gasteiger partial charge in [0, 0.05) is 25.3 Å². The summed E-state index contributed by atoms with van der Waals surface area (Å²) < 4.78 is 7.41. The Morgan fingerprint density at radius 3 is 2.53 bits per heavy atom. The van der Waals surface area contributed by atoms with Crippen LogP contribution in [0.5, 0.6) is 0 Å². The van der Waals surface area contributed by atoms with Crippen LogP contribution >= 0.6 is 0 Å². The van der Waals surface area contributed by atoms with Gasteiger partial charge in [-0.15, -0.1) is 0 Å². The highest BCUT2D eigenvalue weighted by molar-refractivity contribution is 5.65. The van der Waals surface area contributed by atoms with Gasteiger partial charge in [0.2, 0.25) is 0 Å². The fraction of sp³-hybridized carbons (Fsp3) is 0.786. The standard InChI is InChI=1S/C14H26N4O/c1-9(2)18-14(13(15)11(4)17-18)16-10(3)12-5-7-19-8-6-12/h9-10,12,16H,5-8,15H2,1-4H3. The summed E-state index contributed by atoms with van der Waals surface area (Å²) in [5.74, 6) is 1.61. The van der Waals surface area contributed by atoms with Gasteiger partial charge >= 0.3 is 0 Å². The van der Waals surface area contributed by atoms with Crippen molar-refractivity contribution in [2.45, 2.75) is 52.6 Å². The number of hydrogen-bond acceptors (Lipinski definition) is 4. The summed E-state index contributed by atoms with van der Waals surface area (Å²) in [4.78, 5) is 0. The Balaban J connectivity index is 2.13. The molecule has 1 atom stereocenters. The van der Waals surface area contributed by atoms with Gasteiger partial charge in [0.1, 0.15) is 5.82 Å². The van der Waals surface area contributed by atoms with E-state index in [0.717, 1.165) is 43.3 Å². The summed E-state index contributed by atoms with van der Waals surface area (Å²) >= 11 is 0. The van der Waals surface area contributed by atoms with Crippen LogP contribution in [0.25, 0.3) is 0 Å². The molecule has 1 aromatic heterocycles. The van der Waals surface area contributed by atoms with Gasteiger partial charge in [-0.25, -0.2) is 4.68 Å². The third-order valence-electron chi connectivity index (χ3n) is 3.96. The average Bonchev–Trinajstić information content (AvgIpc) is 2.68. The molecule has 1 fully saturated rings. The first-order valence-electron chi connectivity index (χ1n) is 7.19. The lowest BCUT2D eigenvalue weighted by Gasteiger charge is -2.29. The Hall–Kier alpha value is -1.23. The van der Waals surface area contributed by atoms with Crippen molar-refractivity contribution in [1.29, 1.82) is 0 Å². The summed E-state index contributed by atoms with van der Waals surface area (Å²) in [6, 6.07) is 0.695. The van der Waals surface area contributed by atoms with E-state index in [4.69, 9.17) is 10.5 Å². The molecule has 0 aliphatic carbocycles. The average molecular weight is 266 g/mol. The first kappa shape index (κ1) is 14.2. The fourth-order valence-corrected chi connectivity index (χ4v) is 2.63. The molecule has 1 unspecified atom stereocenters. The number of nitrogen functional groups attached to an aromatic ring is 1. The number of nitrogens with one attached hydrogen (secondary N) is 1. The van der Waals surface area contributed by atoms with Gasteiger partial charge < -0.3 is 15.8 Å². The Morgan fingerprint density at radius 1 is 1.32 bits per heavy atom. The van der Waals surface area contributed by atoms with Crippen molar-refractivity contribution < 1.29 is 4.74 Å². The topological polar surface area (TPSA) is 65.1 Å². The Morgan fingerprint density at radius 2 is 1.95 bits per heavy atom. The lowest BCUT2D eigenvalue weighted by Crippen LogP contribution is -2.32. The molecule has 0 radical (unpaired) electrons. The molecule has 1 aromatic rings. The van der Waals surface area contributed by atoms with E-state index >= 15 is 0 Å². The second kappa shape index (κ2) is 5.82. The van der Waals surface area contributed by atoms with E-state index in [9.17, 15) is 0 Å². The van der Waals surface area contributed by atoms with Gasteiger partial charge in [-0.3, -0.25) is 0 Å². The monoisotopic (exact) mass is 266 g/mol. The second-order valence-electron chi connectivity index (χ2n) is 5.77. The maximum atomic E-state index is 6.15. The molecule has 3 N–H and O–H groups in total. The van der Waals surface area contributed by atoms with Crippen molar-refractivity contribution >= 4 is 11.5 Å². The van der Waals surface area contributed by atoms with E-state index in [-0.39, 0.29) is 0 Å². The van der Waals surface area contributed by atoms with E-state index in [1.807, 2.05) is 11.6 Å². The third kappa shape index (κ3) is 3.03. The van der Waals surface area contributed by atoms with Crippen LogP contribution in [0.15, 0.2) is 0 Å². The van der Waals surface area contributed by atoms with Crippen LogP contribution in [0.4, 0.5) is 11.5 Å². The zero-order valence-electron chi connectivity index (χ0n) is 12.4. The molecule has 5 heteroatoms. The number of nitrogens with two attached hydrogens (primary N) is 1. The van der Waals surface area contributed by atoms with Crippen molar-refractivity contribution in [3.8, 4) is 0 Å². The lowest BCUT2D eigenvalue weighted by atomic mass is 9.93. The predicted molar refractivity (Wildman–Crippen MR) is 78.4 cm³/mol. The largest absolute Gasteiger partial charge is 0.394 e. The Bertz CT molecular complexity index is 421. The maximum Gasteiger partial charge on any atom is 0.148 e. The van der Waals surface area contributed by atoms with Crippen molar-refractivity contribution in [3.63, 3.8) is 0 Å². The van der Waals surface area contributed by atoms with Crippen LogP contribution in [-0.4, -0.2) is 29.0 Å². The summed E-state index contributed by atoms with van der Waals surface area (Å²) in [6.07, 6.45) is 2.23. The molecule has 0 aromatic carbocycles. The lowest BCUT2D eigenvalue weighted by molar-refractivity contribution is 0.0621. The molecule has 1 aliphatic heterocycles. The molecule has 0 amide bonds. The third-order valence-corrected chi connectivity index (χ3v) is 3.96. The molecule has 108 valence electrons. The van der Waals surface area contributed by atoms with Crippen LogP contribution in [0, 0.1) is 12.8 Å². The van der Waals surface area contributed by atoms with Gasteiger partial charge in [0.15, 0.2) is 0 Å². The van der Waals surface area contributed by atoms with Gasteiger partial charge in [0.25, 0.3) is 0 Å². The minimum atomic E-state index is 0.306. The molecule has 0 saturated carbocycles. The van der Waals surface area contributed by atoms with Gasteiger partial charge in [-0.1, -0.05) is 0 Å². The van der Waals surface area contributed by atoms with Crippen LogP contribution in [0.2, 0.25) is 0 Å². The van der Waals surface area contributed by atoms with Crippen LogP contribution < -0.4 is 11.1 Å². The first-order valence-corrected chi connectivity index (χ1v) is 7.19. The quantitative estimate of drug-likeness (QED) is 0.879. The van der Waals surface area contributed by atoms with E-state index in [2.05, 4.69) is 31.2 Å². The number of nitrogens with zero attached hydrogens (tertiary/aromatic N) is 2. The van der Waals surface area contributed by atoms with Crippen molar-refractivity contribution in [2.75, 3.05) is 24.3 Å². The highest BCUT2D eigenvalue weighted by atomic mass is 16.5. The first-order chi connectivity index (χ1) is 9.00. The normalized spacial score (nSPS) is 18.8. The predicted octanol–water partition coefficient (Wildman–Crippen LogP) is 2.58. The van der Waals surface area contributed by atoms with Gasteiger partial charge in [-0.05, 0) is 46.5 Å². The molecular formula is C14H26N4O. The second-order valence-corrected chi connectivity index (χ2v) is 5.77. The number of rotatable bonds is 4. The molecule has 0 bridgehead atoms. The molecular weight excluding hydrogens is 240 g/mol. The maximum absolute atomic E-state index is 6.15. The number of aryl methyl sites for hydroxylation is 1. The molecule has 5 nitrogen and oxygen atoms in total. The minimum absolute atomic E-state index is 0.306. The van der Waals surface area contributed by atoms with Gasteiger partial charge in [0.05, 0.1) is 11.4 Å². The number of anilines is 2. The summed E-state index contributed by atoms with van der Waals surface area (Å²) in [5, 5.41) is 8.08. The molecule has 1 aliphatic rings. The van der Waals surface area contributed by atoms with Crippen molar-refractivity contribution in [2.24, 2.45) is 5.92 Å². The molecule has 0 spiro atoms. The van der Waals surface area contributed by atoms with E-state index in [0.29, 0.717) is 18.0 Å². The smallest absolute Gasteiger partial charge is 0.148 e. The van der Waals surface area contributed by atoms with Crippen LogP contribution in [0.3, 0.4) is 0 Å². The summed E-state index contributed by atoms with van der Waals surface area (Å²) in [5.41, 5.74) is 7.82. The Labute approximate surface area is 115 Å². The summed E-state index contributed by atoms with van der Waals surface area (Å²) in [6.45, 7) is 10.2. The minimum Gasteiger partial charge on any atom is -0.394 e. The number of ether oxygens (including phenoxy) is 1. The molecule has 19 heavy (non-hydrogen) atoms. The van der Waals surface area contributed by atoms with Crippen LogP contribution in [0.1, 0.15) is 45.3 Å². The number of aromatic nitrogens is 2. The van der Waals surface area contributed by atoms with Crippen molar-refractivity contribution in [3.05, 3.63) is 5.69 Å². The van der Waals surface area contributed by atoms with E-state index in [1.54, 1.807) is 0 Å². The number of hydrogen-bond donors (Lipinski definition) is 2. The van der Waals surface area contributed by atoms with E-state index < -0.39 is 0 Å². The van der Waals surface area contributed by atoms with E-state index in [1.165, 1.54) is 0 Å². The molecule has 1 saturated heterocycles. The van der Waals surface area contributed by atoms with Crippen molar-refractivity contribution in [1.82, 2.24) is 9.78 Å². The SMILES string of the molecule is Cc1nn(C(C)C)c(NC(C)C2CCOCC2)c1N.